The standard InChI is InChI=1S/C23H20N4O/c1-26(16-18-9-8-14-24-15-18)23(28)21-17-27(20-12-6-3-7-13-20)25-22(21)19-10-4-2-5-11-19/h2-15,17H,16H2,1H3. The molecule has 0 unspecified atom stereocenters. The molecule has 0 aliphatic rings. The predicted molar refractivity (Wildman–Crippen MR) is 109 cm³/mol. The third-order valence-electron chi connectivity index (χ3n) is 4.50. The number of amides is 1. The molecule has 4 rings (SSSR count). The highest BCUT2D eigenvalue weighted by atomic mass is 16.2. The molecule has 0 aliphatic carbocycles. The van der Waals surface area contributed by atoms with Crippen LogP contribution in [0.25, 0.3) is 16.9 Å². The van der Waals surface area contributed by atoms with Gasteiger partial charge in [-0.3, -0.25) is 9.78 Å². The van der Waals surface area contributed by atoms with E-state index in [-0.39, 0.29) is 5.91 Å². The molecule has 5 nitrogen and oxygen atoms in total. The number of carbonyl (C=O) groups excluding carboxylic acids is 1. The smallest absolute Gasteiger partial charge is 0.257 e. The van der Waals surface area contributed by atoms with Gasteiger partial charge in [0.25, 0.3) is 5.91 Å². The van der Waals surface area contributed by atoms with E-state index in [1.807, 2.05) is 72.8 Å². The van der Waals surface area contributed by atoms with Crippen molar-refractivity contribution in [3.8, 4) is 16.9 Å². The highest BCUT2D eigenvalue weighted by Crippen LogP contribution is 2.25. The van der Waals surface area contributed by atoms with Gasteiger partial charge in [0, 0.05) is 37.7 Å². The molecule has 0 N–H and O–H groups in total. The van der Waals surface area contributed by atoms with Crippen LogP contribution in [-0.4, -0.2) is 32.6 Å². The molecule has 0 bridgehead atoms. The summed E-state index contributed by atoms with van der Waals surface area (Å²) in [6, 6.07) is 23.4. The number of para-hydroxylation sites is 1. The molecule has 0 aliphatic heterocycles. The van der Waals surface area contributed by atoms with Crippen LogP contribution in [0.15, 0.2) is 91.4 Å². The number of benzene rings is 2. The van der Waals surface area contributed by atoms with Gasteiger partial charge in [-0.05, 0) is 23.8 Å². The molecule has 0 saturated heterocycles. The topological polar surface area (TPSA) is 51.0 Å². The maximum Gasteiger partial charge on any atom is 0.257 e. The van der Waals surface area contributed by atoms with E-state index in [2.05, 4.69) is 4.98 Å². The van der Waals surface area contributed by atoms with Gasteiger partial charge in [-0.15, -0.1) is 0 Å². The molecule has 0 radical (unpaired) electrons. The molecule has 0 spiro atoms. The second-order valence-electron chi connectivity index (χ2n) is 6.56. The largest absolute Gasteiger partial charge is 0.337 e. The van der Waals surface area contributed by atoms with E-state index in [0.717, 1.165) is 16.8 Å². The summed E-state index contributed by atoms with van der Waals surface area (Å²) in [4.78, 5) is 19.1. The maximum atomic E-state index is 13.2. The molecule has 2 aromatic carbocycles. The summed E-state index contributed by atoms with van der Waals surface area (Å²) in [5.74, 6) is -0.0788. The summed E-state index contributed by atoms with van der Waals surface area (Å²) in [5, 5.41) is 4.72. The fourth-order valence-corrected chi connectivity index (χ4v) is 3.10. The summed E-state index contributed by atoms with van der Waals surface area (Å²) in [6.45, 7) is 0.484. The Kier molecular flexibility index (Phi) is 4.97. The zero-order valence-electron chi connectivity index (χ0n) is 15.6. The Morgan fingerprint density at radius 1 is 0.964 bits per heavy atom. The van der Waals surface area contributed by atoms with Gasteiger partial charge in [0.05, 0.1) is 11.3 Å². The quantitative estimate of drug-likeness (QED) is 0.530. The molecule has 4 aromatic rings. The molecule has 0 atom stereocenters. The van der Waals surface area contributed by atoms with Crippen LogP contribution in [0.5, 0.6) is 0 Å². The van der Waals surface area contributed by atoms with Gasteiger partial charge in [0.15, 0.2) is 0 Å². The first-order chi connectivity index (χ1) is 13.7. The van der Waals surface area contributed by atoms with Crippen molar-refractivity contribution in [2.24, 2.45) is 0 Å². The normalized spacial score (nSPS) is 10.6. The fraction of sp³-hybridized carbons (Fsp3) is 0.0870. The molecule has 0 fully saturated rings. The highest BCUT2D eigenvalue weighted by Gasteiger charge is 2.21. The Balaban J connectivity index is 1.72. The van der Waals surface area contributed by atoms with Crippen molar-refractivity contribution in [2.75, 3.05) is 7.05 Å². The molecule has 5 heteroatoms. The molecular weight excluding hydrogens is 348 g/mol. The Bertz CT molecular complexity index is 1060. The van der Waals surface area contributed by atoms with Crippen LogP contribution in [-0.2, 0) is 6.54 Å². The van der Waals surface area contributed by atoms with Crippen molar-refractivity contribution < 1.29 is 4.79 Å². The number of aromatic nitrogens is 3. The average Bonchev–Trinajstić information content (AvgIpc) is 3.20. The monoisotopic (exact) mass is 368 g/mol. The van der Waals surface area contributed by atoms with Gasteiger partial charge in [0.2, 0.25) is 0 Å². The van der Waals surface area contributed by atoms with Crippen molar-refractivity contribution in [2.45, 2.75) is 6.54 Å². The van der Waals surface area contributed by atoms with Crippen molar-refractivity contribution in [3.63, 3.8) is 0 Å². The second-order valence-corrected chi connectivity index (χ2v) is 6.56. The van der Waals surface area contributed by atoms with Crippen molar-refractivity contribution in [1.82, 2.24) is 19.7 Å². The van der Waals surface area contributed by atoms with E-state index >= 15 is 0 Å². The van der Waals surface area contributed by atoms with Gasteiger partial charge in [-0.2, -0.15) is 5.10 Å². The van der Waals surface area contributed by atoms with E-state index < -0.39 is 0 Å². The minimum atomic E-state index is -0.0788. The lowest BCUT2D eigenvalue weighted by Gasteiger charge is -2.17. The molecule has 28 heavy (non-hydrogen) atoms. The van der Waals surface area contributed by atoms with Crippen LogP contribution in [0, 0.1) is 0 Å². The number of carbonyl (C=O) groups is 1. The van der Waals surface area contributed by atoms with E-state index in [0.29, 0.717) is 17.8 Å². The van der Waals surface area contributed by atoms with E-state index in [1.165, 1.54) is 0 Å². The Morgan fingerprint density at radius 2 is 1.68 bits per heavy atom. The maximum absolute atomic E-state index is 13.2. The Hall–Kier alpha value is -3.73. The number of hydrogen-bond donors (Lipinski definition) is 0. The van der Waals surface area contributed by atoms with Gasteiger partial charge in [0.1, 0.15) is 5.69 Å². The van der Waals surface area contributed by atoms with Crippen LogP contribution in [0.4, 0.5) is 0 Å². The number of nitrogens with zero attached hydrogens (tertiary/aromatic N) is 4. The van der Waals surface area contributed by atoms with Crippen LogP contribution in [0.3, 0.4) is 0 Å². The minimum Gasteiger partial charge on any atom is -0.337 e. The molecule has 2 heterocycles. The highest BCUT2D eigenvalue weighted by molar-refractivity contribution is 5.99. The molecule has 0 saturated carbocycles. The van der Waals surface area contributed by atoms with Crippen LogP contribution in [0.2, 0.25) is 0 Å². The zero-order valence-corrected chi connectivity index (χ0v) is 15.6. The third kappa shape index (κ3) is 3.69. The number of pyridine rings is 1. The van der Waals surface area contributed by atoms with Gasteiger partial charge < -0.3 is 4.90 Å². The Labute approximate surface area is 163 Å². The molecule has 1 amide bonds. The third-order valence-corrected chi connectivity index (χ3v) is 4.50. The Morgan fingerprint density at radius 3 is 2.36 bits per heavy atom. The number of hydrogen-bond acceptors (Lipinski definition) is 3. The van der Waals surface area contributed by atoms with E-state index in [9.17, 15) is 4.79 Å². The zero-order chi connectivity index (χ0) is 19.3. The predicted octanol–water partition coefficient (Wildman–Crippen LogP) is 4.21. The summed E-state index contributed by atoms with van der Waals surface area (Å²) in [6.07, 6.45) is 5.30. The fourth-order valence-electron chi connectivity index (χ4n) is 3.10. The van der Waals surface area contributed by atoms with Crippen LogP contribution < -0.4 is 0 Å². The van der Waals surface area contributed by atoms with Crippen molar-refractivity contribution in [1.29, 1.82) is 0 Å². The van der Waals surface area contributed by atoms with Crippen LogP contribution in [0.1, 0.15) is 15.9 Å². The second kappa shape index (κ2) is 7.88. The van der Waals surface area contributed by atoms with E-state index in [4.69, 9.17) is 5.10 Å². The number of rotatable bonds is 5. The lowest BCUT2D eigenvalue weighted by atomic mass is 10.1. The van der Waals surface area contributed by atoms with E-state index in [1.54, 1.807) is 35.2 Å². The summed E-state index contributed by atoms with van der Waals surface area (Å²) < 4.78 is 1.76. The lowest BCUT2D eigenvalue weighted by Crippen LogP contribution is -2.26. The van der Waals surface area contributed by atoms with Gasteiger partial charge >= 0.3 is 0 Å². The summed E-state index contributed by atoms with van der Waals surface area (Å²) in [5.41, 5.74) is 4.05. The van der Waals surface area contributed by atoms with Crippen molar-refractivity contribution in [3.05, 3.63) is 103 Å². The summed E-state index contributed by atoms with van der Waals surface area (Å²) >= 11 is 0. The molecule has 138 valence electrons. The molecule has 2 aromatic heterocycles. The summed E-state index contributed by atoms with van der Waals surface area (Å²) in [7, 11) is 1.80. The first-order valence-electron chi connectivity index (χ1n) is 9.07. The first-order valence-corrected chi connectivity index (χ1v) is 9.07. The van der Waals surface area contributed by atoms with Crippen molar-refractivity contribution >= 4 is 5.91 Å². The SMILES string of the molecule is CN(Cc1cccnc1)C(=O)c1cn(-c2ccccc2)nc1-c1ccccc1. The minimum absolute atomic E-state index is 0.0788. The van der Waals surface area contributed by atoms with Gasteiger partial charge in [-0.25, -0.2) is 4.68 Å². The molecular formula is C23H20N4O. The first kappa shape index (κ1) is 17.7. The lowest BCUT2D eigenvalue weighted by molar-refractivity contribution is 0.0785. The average molecular weight is 368 g/mol. The van der Waals surface area contributed by atoms with Crippen LogP contribution >= 0.6 is 0 Å². The van der Waals surface area contributed by atoms with Gasteiger partial charge in [-0.1, -0.05) is 54.6 Å².